The van der Waals surface area contributed by atoms with Crippen molar-refractivity contribution in [3.05, 3.63) is 87.0 Å². The van der Waals surface area contributed by atoms with E-state index in [4.69, 9.17) is 4.74 Å². The summed E-state index contributed by atoms with van der Waals surface area (Å²) >= 11 is 2.02. The van der Waals surface area contributed by atoms with E-state index in [1.54, 1.807) is 12.1 Å². The average molecular weight is 582 g/mol. The van der Waals surface area contributed by atoms with E-state index in [2.05, 4.69) is 22.8 Å². The van der Waals surface area contributed by atoms with Crippen molar-refractivity contribution in [1.82, 2.24) is 5.32 Å². The molecule has 2 aliphatic carbocycles. The highest BCUT2D eigenvalue weighted by atomic mass is 127. The summed E-state index contributed by atoms with van der Waals surface area (Å²) in [5, 5.41) is 14.9. The monoisotopic (exact) mass is 582 g/mol. The van der Waals surface area contributed by atoms with E-state index in [0.717, 1.165) is 38.7 Å². The Balaban J connectivity index is 1.26. The van der Waals surface area contributed by atoms with E-state index in [1.807, 2.05) is 59.0 Å². The minimum atomic E-state index is -1.13. The van der Waals surface area contributed by atoms with Gasteiger partial charge in [-0.05, 0) is 81.8 Å². The maximum Gasteiger partial charge on any atom is 0.407 e. The Morgan fingerprint density at radius 3 is 2.20 bits per heavy atom. The quantitative estimate of drug-likeness (QED) is 0.331. The Bertz CT molecular complexity index is 1270. The van der Waals surface area contributed by atoms with E-state index >= 15 is 0 Å². The largest absolute Gasteiger partial charge is 0.478 e. The molecule has 0 radical (unpaired) electrons. The fraction of sp³-hybridized carbons (Fsp3) is 0.222. The highest BCUT2D eigenvalue weighted by Crippen LogP contribution is 2.44. The molecule has 1 atom stereocenters. The molecule has 0 heterocycles. The normalized spacial score (nSPS) is 15.0. The number of benzene rings is 3. The lowest BCUT2D eigenvalue weighted by Crippen LogP contribution is -2.46. The molecule has 1 saturated carbocycles. The molecule has 0 aromatic heterocycles. The van der Waals surface area contributed by atoms with Crippen LogP contribution in [0.2, 0.25) is 0 Å². The molecule has 3 aromatic rings. The second kappa shape index (κ2) is 9.69. The molecule has 0 aliphatic heterocycles. The van der Waals surface area contributed by atoms with Crippen LogP contribution in [-0.4, -0.2) is 35.7 Å². The van der Waals surface area contributed by atoms with Gasteiger partial charge < -0.3 is 20.5 Å². The summed E-state index contributed by atoms with van der Waals surface area (Å²) in [6.45, 7) is 0.152. The number of carboxylic acids is 1. The van der Waals surface area contributed by atoms with Crippen LogP contribution in [0.4, 0.5) is 10.5 Å². The fourth-order valence-corrected chi connectivity index (χ4v) is 5.10. The van der Waals surface area contributed by atoms with Gasteiger partial charge in [-0.15, -0.1) is 0 Å². The minimum absolute atomic E-state index is 0.000868. The molecule has 3 aromatic carbocycles. The summed E-state index contributed by atoms with van der Waals surface area (Å²) in [6, 6.07) is 20.1. The van der Waals surface area contributed by atoms with Gasteiger partial charge in [-0.2, -0.15) is 0 Å². The molecular weight excluding hydrogens is 559 g/mol. The summed E-state index contributed by atoms with van der Waals surface area (Å²) in [5.74, 6) is -1.67. The third-order valence-electron chi connectivity index (χ3n) is 6.46. The van der Waals surface area contributed by atoms with Crippen molar-refractivity contribution in [1.29, 1.82) is 0 Å². The number of hydrogen-bond donors (Lipinski definition) is 3. The van der Waals surface area contributed by atoms with Crippen molar-refractivity contribution >= 4 is 46.2 Å². The lowest BCUT2D eigenvalue weighted by molar-refractivity contribution is -0.118. The predicted octanol–water partition coefficient (Wildman–Crippen LogP) is 5.25. The number of ether oxygens (including phenoxy) is 1. The second-order valence-electron chi connectivity index (χ2n) is 8.77. The first-order valence-corrected chi connectivity index (χ1v) is 12.5. The Morgan fingerprint density at radius 1 is 0.971 bits per heavy atom. The number of aromatic carboxylic acids is 1. The third kappa shape index (κ3) is 4.88. The minimum Gasteiger partial charge on any atom is -0.478 e. The maximum atomic E-state index is 13.0. The summed E-state index contributed by atoms with van der Waals surface area (Å²) in [6.07, 6.45) is 0.945. The Kier molecular flexibility index (Phi) is 6.46. The number of nitrogens with one attached hydrogen (secondary N) is 2. The van der Waals surface area contributed by atoms with Crippen molar-refractivity contribution in [3.63, 3.8) is 0 Å². The van der Waals surface area contributed by atoms with E-state index in [0.29, 0.717) is 0 Å². The van der Waals surface area contributed by atoms with Crippen molar-refractivity contribution in [2.75, 3.05) is 11.9 Å². The Labute approximate surface area is 216 Å². The number of carbonyl (C=O) groups excluding carboxylic acids is 2. The van der Waals surface area contributed by atoms with Crippen LogP contribution in [-0.2, 0) is 9.53 Å². The zero-order chi connectivity index (χ0) is 24.5. The van der Waals surface area contributed by atoms with Gasteiger partial charge in [0.05, 0.1) is 11.3 Å². The standard InChI is InChI=1S/C27H23IN2O5/c28-16-11-12-23(21(13-16)26(32)33)29-25(31)24(15-9-10-15)30-27(34)35-14-22-19-7-3-1-5-17(19)18-6-2-4-8-20(18)22/h1-8,11-13,15,22,24H,9-10,14H2,(H,29,31)(H,30,34)(H,32,33). The number of amides is 2. The smallest absolute Gasteiger partial charge is 0.407 e. The lowest BCUT2D eigenvalue weighted by atomic mass is 9.98. The molecular formula is C27H23IN2O5. The van der Waals surface area contributed by atoms with Gasteiger partial charge >= 0.3 is 12.1 Å². The SMILES string of the molecule is O=C(NC(C(=O)Nc1ccc(I)cc1C(=O)O)C1CC1)OCC1c2ccccc2-c2ccccc21. The molecule has 3 N–H and O–H groups in total. The molecule has 0 spiro atoms. The highest BCUT2D eigenvalue weighted by molar-refractivity contribution is 14.1. The van der Waals surface area contributed by atoms with Gasteiger partial charge in [0.2, 0.25) is 5.91 Å². The molecule has 0 saturated heterocycles. The van der Waals surface area contributed by atoms with Crippen LogP contribution in [0.3, 0.4) is 0 Å². The molecule has 178 valence electrons. The van der Waals surface area contributed by atoms with E-state index in [1.165, 1.54) is 6.07 Å². The van der Waals surface area contributed by atoms with Gasteiger partial charge in [-0.3, -0.25) is 4.79 Å². The molecule has 8 heteroatoms. The molecule has 0 bridgehead atoms. The van der Waals surface area contributed by atoms with Crippen LogP contribution < -0.4 is 10.6 Å². The van der Waals surface area contributed by atoms with Crippen LogP contribution in [0.1, 0.15) is 40.2 Å². The average Bonchev–Trinajstić information content (AvgIpc) is 3.64. The summed E-state index contributed by atoms with van der Waals surface area (Å²) in [7, 11) is 0. The third-order valence-corrected chi connectivity index (χ3v) is 7.13. The van der Waals surface area contributed by atoms with Crippen molar-refractivity contribution < 1.29 is 24.2 Å². The number of hydrogen-bond acceptors (Lipinski definition) is 4. The second-order valence-corrected chi connectivity index (χ2v) is 10.0. The number of carboxylic acid groups (broad SMARTS) is 1. The first kappa shape index (κ1) is 23.3. The number of alkyl carbamates (subject to hydrolysis) is 1. The van der Waals surface area contributed by atoms with E-state index < -0.39 is 24.0 Å². The molecule has 2 amide bonds. The van der Waals surface area contributed by atoms with Gasteiger partial charge in [0.15, 0.2) is 0 Å². The number of carbonyl (C=O) groups is 3. The predicted molar refractivity (Wildman–Crippen MR) is 139 cm³/mol. The summed E-state index contributed by atoms with van der Waals surface area (Å²) < 4.78 is 6.34. The van der Waals surface area contributed by atoms with Crippen molar-refractivity contribution in [2.24, 2.45) is 5.92 Å². The number of fused-ring (bicyclic) bond motifs is 3. The van der Waals surface area contributed by atoms with Gasteiger partial charge in [0.25, 0.3) is 0 Å². The molecule has 5 rings (SSSR count). The van der Waals surface area contributed by atoms with Gasteiger partial charge in [0, 0.05) is 9.49 Å². The van der Waals surface area contributed by atoms with Crippen LogP contribution >= 0.6 is 22.6 Å². The Hall–Kier alpha value is -3.40. The van der Waals surface area contributed by atoms with Crippen molar-refractivity contribution in [3.8, 4) is 11.1 Å². The van der Waals surface area contributed by atoms with Gasteiger partial charge in [-0.1, -0.05) is 48.5 Å². The molecule has 2 aliphatic rings. The molecule has 7 nitrogen and oxygen atoms in total. The number of rotatable bonds is 7. The van der Waals surface area contributed by atoms with Crippen molar-refractivity contribution in [2.45, 2.75) is 24.8 Å². The van der Waals surface area contributed by atoms with E-state index in [9.17, 15) is 19.5 Å². The van der Waals surface area contributed by atoms with Gasteiger partial charge in [-0.25, -0.2) is 9.59 Å². The topological polar surface area (TPSA) is 105 Å². The van der Waals surface area contributed by atoms with Crippen LogP contribution in [0.15, 0.2) is 66.7 Å². The first-order valence-electron chi connectivity index (χ1n) is 11.4. The first-order chi connectivity index (χ1) is 16.9. The summed E-state index contributed by atoms with van der Waals surface area (Å²) in [4.78, 5) is 37.3. The fourth-order valence-electron chi connectivity index (χ4n) is 4.61. The summed E-state index contributed by atoms with van der Waals surface area (Å²) in [5.41, 5.74) is 4.69. The maximum absolute atomic E-state index is 13.0. The Morgan fingerprint density at radius 2 is 1.60 bits per heavy atom. The lowest BCUT2D eigenvalue weighted by Gasteiger charge is -2.20. The number of halogens is 1. The van der Waals surface area contributed by atoms with Gasteiger partial charge in [0.1, 0.15) is 12.6 Å². The van der Waals surface area contributed by atoms with Crippen LogP contribution in [0.5, 0.6) is 0 Å². The highest BCUT2D eigenvalue weighted by Gasteiger charge is 2.38. The number of anilines is 1. The molecule has 1 unspecified atom stereocenters. The van der Waals surface area contributed by atoms with E-state index in [-0.39, 0.29) is 29.7 Å². The molecule has 35 heavy (non-hydrogen) atoms. The van der Waals surface area contributed by atoms with Crippen LogP contribution in [0, 0.1) is 9.49 Å². The zero-order valence-corrected chi connectivity index (χ0v) is 20.8. The zero-order valence-electron chi connectivity index (χ0n) is 18.7. The molecule has 1 fully saturated rings. The van der Waals surface area contributed by atoms with Crippen LogP contribution in [0.25, 0.3) is 11.1 Å².